The number of piperidine rings is 1. The number of hydrogen-bond acceptors (Lipinski definition) is 3. The van der Waals surface area contributed by atoms with Crippen LogP contribution in [0.25, 0.3) is 0 Å². The van der Waals surface area contributed by atoms with Crippen molar-refractivity contribution in [2.24, 2.45) is 5.41 Å². The standard InChI is InChI=1S/C13H22N2O2/c1-3-13(4-2,10-14)12(17)15-8-6-5-7-11(15)9-16/h11,16H,3-9H2,1-2H3. The van der Waals surface area contributed by atoms with Gasteiger partial charge < -0.3 is 10.0 Å². The van der Waals surface area contributed by atoms with Gasteiger partial charge in [0.1, 0.15) is 5.41 Å². The van der Waals surface area contributed by atoms with E-state index in [-0.39, 0.29) is 18.6 Å². The fourth-order valence-corrected chi connectivity index (χ4v) is 2.49. The van der Waals surface area contributed by atoms with Crippen LogP contribution in [-0.4, -0.2) is 35.1 Å². The average molecular weight is 238 g/mol. The van der Waals surface area contributed by atoms with Gasteiger partial charge in [0.05, 0.1) is 18.7 Å². The minimum absolute atomic E-state index is 0.000672. The van der Waals surface area contributed by atoms with Gasteiger partial charge in [0, 0.05) is 6.54 Å². The first kappa shape index (κ1) is 14.0. The van der Waals surface area contributed by atoms with Crippen molar-refractivity contribution in [3.8, 4) is 6.07 Å². The maximum atomic E-state index is 12.5. The Kier molecular flexibility index (Phi) is 4.95. The Morgan fingerprint density at radius 2 is 2.12 bits per heavy atom. The molecule has 4 nitrogen and oxygen atoms in total. The van der Waals surface area contributed by atoms with Crippen LogP contribution < -0.4 is 0 Å². The average Bonchev–Trinajstić information content (AvgIpc) is 2.41. The predicted octanol–water partition coefficient (Wildman–Crippen LogP) is 1.69. The summed E-state index contributed by atoms with van der Waals surface area (Å²) in [5, 5.41) is 18.6. The van der Waals surface area contributed by atoms with E-state index in [0.717, 1.165) is 19.3 Å². The van der Waals surface area contributed by atoms with Crippen LogP contribution in [0.5, 0.6) is 0 Å². The molecule has 0 radical (unpaired) electrons. The Hall–Kier alpha value is -1.08. The minimum Gasteiger partial charge on any atom is -0.394 e. The summed E-state index contributed by atoms with van der Waals surface area (Å²) in [6, 6.07) is 2.09. The van der Waals surface area contributed by atoms with Gasteiger partial charge in [-0.1, -0.05) is 13.8 Å². The van der Waals surface area contributed by atoms with E-state index in [1.165, 1.54) is 0 Å². The second-order valence-corrected chi connectivity index (χ2v) is 4.73. The maximum absolute atomic E-state index is 12.5. The normalized spacial score (nSPS) is 21.1. The van der Waals surface area contributed by atoms with Gasteiger partial charge in [0.2, 0.25) is 5.91 Å². The van der Waals surface area contributed by atoms with E-state index in [4.69, 9.17) is 0 Å². The van der Waals surface area contributed by atoms with Gasteiger partial charge in [0.15, 0.2) is 0 Å². The molecule has 0 aromatic carbocycles. The fraction of sp³-hybridized carbons (Fsp3) is 0.846. The molecule has 0 bridgehead atoms. The summed E-state index contributed by atoms with van der Waals surface area (Å²) in [7, 11) is 0. The van der Waals surface area contributed by atoms with E-state index < -0.39 is 5.41 Å². The highest BCUT2D eigenvalue weighted by Gasteiger charge is 2.41. The topological polar surface area (TPSA) is 64.3 Å². The third-order valence-corrected chi connectivity index (χ3v) is 3.93. The van der Waals surface area contributed by atoms with Crippen LogP contribution in [0.4, 0.5) is 0 Å². The van der Waals surface area contributed by atoms with Gasteiger partial charge in [-0.25, -0.2) is 0 Å². The summed E-state index contributed by atoms with van der Waals surface area (Å²) >= 11 is 0. The van der Waals surface area contributed by atoms with Crippen molar-refractivity contribution in [3.05, 3.63) is 0 Å². The lowest BCUT2D eigenvalue weighted by atomic mass is 9.81. The highest BCUT2D eigenvalue weighted by Crippen LogP contribution is 2.31. The molecule has 1 aliphatic rings. The monoisotopic (exact) mass is 238 g/mol. The zero-order valence-corrected chi connectivity index (χ0v) is 10.8. The molecule has 0 aromatic heterocycles. The second-order valence-electron chi connectivity index (χ2n) is 4.73. The number of carbonyl (C=O) groups excluding carboxylic acids is 1. The molecule has 96 valence electrons. The van der Waals surface area contributed by atoms with Crippen molar-refractivity contribution < 1.29 is 9.90 Å². The number of aliphatic hydroxyl groups excluding tert-OH is 1. The number of hydrogen-bond donors (Lipinski definition) is 1. The summed E-state index contributed by atoms with van der Waals surface area (Å²) in [6.07, 6.45) is 3.93. The van der Waals surface area contributed by atoms with Crippen LogP contribution in [0, 0.1) is 16.7 Å². The number of likely N-dealkylation sites (tertiary alicyclic amines) is 1. The van der Waals surface area contributed by atoms with Gasteiger partial charge in [-0.05, 0) is 32.1 Å². The fourth-order valence-electron chi connectivity index (χ4n) is 2.49. The van der Waals surface area contributed by atoms with Crippen LogP contribution in [0.1, 0.15) is 46.0 Å². The molecule has 1 N–H and O–H groups in total. The molecule has 0 aliphatic carbocycles. The largest absolute Gasteiger partial charge is 0.394 e. The summed E-state index contributed by atoms with van der Waals surface area (Å²) < 4.78 is 0. The van der Waals surface area contributed by atoms with Crippen molar-refractivity contribution in [1.29, 1.82) is 5.26 Å². The molecule has 1 fully saturated rings. The summed E-state index contributed by atoms with van der Waals surface area (Å²) in [6.45, 7) is 4.43. The molecule has 1 saturated heterocycles. The van der Waals surface area contributed by atoms with Gasteiger partial charge in [0.25, 0.3) is 0 Å². The predicted molar refractivity (Wildman–Crippen MR) is 65.1 cm³/mol. The smallest absolute Gasteiger partial charge is 0.243 e. The van der Waals surface area contributed by atoms with Crippen LogP contribution in [0.15, 0.2) is 0 Å². The molecular formula is C13H22N2O2. The zero-order chi connectivity index (χ0) is 12.9. The minimum atomic E-state index is -0.898. The van der Waals surface area contributed by atoms with E-state index in [2.05, 4.69) is 6.07 Å². The molecule has 0 spiro atoms. The van der Waals surface area contributed by atoms with Crippen LogP contribution in [-0.2, 0) is 4.79 Å². The van der Waals surface area contributed by atoms with Gasteiger partial charge in [-0.15, -0.1) is 0 Å². The lowest BCUT2D eigenvalue weighted by Crippen LogP contribution is -2.51. The Bertz CT molecular complexity index is 305. The third kappa shape index (κ3) is 2.61. The summed E-state index contributed by atoms with van der Waals surface area (Å²) in [5.41, 5.74) is -0.898. The number of aliphatic hydroxyl groups is 1. The van der Waals surface area contributed by atoms with Crippen molar-refractivity contribution in [1.82, 2.24) is 4.90 Å². The molecule has 1 unspecified atom stereocenters. The SMILES string of the molecule is CCC(C#N)(CC)C(=O)N1CCCCC1CO. The number of carbonyl (C=O) groups is 1. The molecule has 1 aliphatic heterocycles. The Morgan fingerprint density at radius 3 is 2.59 bits per heavy atom. The van der Waals surface area contributed by atoms with Crippen molar-refractivity contribution in [2.45, 2.75) is 52.0 Å². The number of nitriles is 1. The molecule has 1 heterocycles. The molecular weight excluding hydrogens is 216 g/mol. The Balaban J connectivity index is 2.89. The van der Waals surface area contributed by atoms with Gasteiger partial charge in [-0.3, -0.25) is 4.79 Å². The van der Waals surface area contributed by atoms with Gasteiger partial charge in [-0.2, -0.15) is 5.26 Å². The Labute approximate surface area is 103 Å². The molecule has 1 atom stereocenters. The molecule has 1 rings (SSSR count). The molecule has 0 saturated carbocycles. The van der Waals surface area contributed by atoms with E-state index in [9.17, 15) is 15.2 Å². The highest BCUT2D eigenvalue weighted by molar-refractivity contribution is 5.85. The summed E-state index contributed by atoms with van der Waals surface area (Å²) in [4.78, 5) is 14.2. The molecule has 0 aromatic rings. The van der Waals surface area contributed by atoms with Crippen molar-refractivity contribution in [2.75, 3.05) is 13.2 Å². The van der Waals surface area contributed by atoms with Crippen LogP contribution in [0.3, 0.4) is 0 Å². The second kappa shape index (κ2) is 6.02. The highest BCUT2D eigenvalue weighted by atomic mass is 16.3. The number of rotatable bonds is 4. The first-order valence-electron chi connectivity index (χ1n) is 6.48. The summed E-state index contributed by atoms with van der Waals surface area (Å²) in [5.74, 6) is -0.0937. The van der Waals surface area contributed by atoms with Gasteiger partial charge >= 0.3 is 0 Å². The maximum Gasteiger partial charge on any atom is 0.243 e. The molecule has 1 amide bonds. The number of amides is 1. The van der Waals surface area contributed by atoms with E-state index in [1.54, 1.807) is 4.90 Å². The lowest BCUT2D eigenvalue weighted by molar-refractivity contribution is -0.144. The first-order valence-corrected chi connectivity index (χ1v) is 6.48. The van der Waals surface area contributed by atoms with Crippen molar-refractivity contribution >= 4 is 5.91 Å². The molecule has 4 heteroatoms. The van der Waals surface area contributed by atoms with E-state index >= 15 is 0 Å². The van der Waals surface area contributed by atoms with Crippen LogP contribution in [0.2, 0.25) is 0 Å². The van der Waals surface area contributed by atoms with E-state index in [0.29, 0.717) is 19.4 Å². The quantitative estimate of drug-likeness (QED) is 0.810. The third-order valence-electron chi connectivity index (χ3n) is 3.93. The van der Waals surface area contributed by atoms with E-state index in [1.807, 2.05) is 13.8 Å². The lowest BCUT2D eigenvalue weighted by Gasteiger charge is -2.39. The molecule has 17 heavy (non-hydrogen) atoms. The van der Waals surface area contributed by atoms with Crippen molar-refractivity contribution in [3.63, 3.8) is 0 Å². The first-order chi connectivity index (χ1) is 8.15. The number of nitrogens with zero attached hydrogens (tertiary/aromatic N) is 2. The Morgan fingerprint density at radius 1 is 1.47 bits per heavy atom. The zero-order valence-electron chi connectivity index (χ0n) is 10.8. The van der Waals surface area contributed by atoms with Crippen LogP contribution >= 0.6 is 0 Å².